The predicted octanol–water partition coefficient (Wildman–Crippen LogP) is 3.40. The van der Waals surface area contributed by atoms with Crippen LogP contribution in [0.1, 0.15) is 16.7 Å². The minimum atomic E-state index is 0.167. The van der Waals surface area contributed by atoms with Gasteiger partial charge in [-0.2, -0.15) is 0 Å². The zero-order chi connectivity index (χ0) is 18.9. The lowest BCUT2D eigenvalue weighted by Crippen LogP contribution is -2.29. The van der Waals surface area contributed by atoms with Crippen molar-refractivity contribution in [1.29, 1.82) is 0 Å². The van der Waals surface area contributed by atoms with Gasteiger partial charge in [-0.15, -0.1) is 0 Å². The Morgan fingerprint density at radius 3 is 2.59 bits per heavy atom. The van der Waals surface area contributed by atoms with E-state index in [1.165, 1.54) is 27.5 Å². The third kappa shape index (κ3) is 5.54. The van der Waals surface area contributed by atoms with Crippen LogP contribution in [-0.4, -0.2) is 31.3 Å². The van der Waals surface area contributed by atoms with Crippen LogP contribution < -0.4 is 15.4 Å². The molecule has 0 aliphatic carbocycles. The van der Waals surface area contributed by atoms with E-state index in [0.717, 1.165) is 25.4 Å². The van der Waals surface area contributed by atoms with Crippen LogP contribution >= 0.6 is 0 Å². The van der Waals surface area contributed by atoms with Crippen LogP contribution in [0.4, 0.5) is 0 Å². The highest BCUT2D eigenvalue weighted by atomic mass is 16.5. The number of hydrogen-bond acceptors (Lipinski definition) is 4. The molecule has 0 spiro atoms. The minimum Gasteiger partial charge on any atom is -0.489 e. The molecular formula is C23H28N2O2. The summed E-state index contributed by atoms with van der Waals surface area (Å²) < 4.78 is 6.19. The number of aliphatic hydroxyl groups excluding tert-OH is 1. The van der Waals surface area contributed by atoms with Gasteiger partial charge >= 0.3 is 0 Å². The number of aliphatic hydroxyl groups is 1. The lowest BCUT2D eigenvalue weighted by molar-refractivity contribution is 0.292. The molecule has 142 valence electrons. The summed E-state index contributed by atoms with van der Waals surface area (Å²) in [7, 11) is 0. The van der Waals surface area contributed by atoms with Gasteiger partial charge in [0.2, 0.25) is 0 Å². The van der Waals surface area contributed by atoms with E-state index in [2.05, 4.69) is 78.2 Å². The summed E-state index contributed by atoms with van der Waals surface area (Å²) in [5.41, 5.74) is 3.60. The molecule has 0 bridgehead atoms. The molecule has 4 nitrogen and oxygen atoms in total. The fraction of sp³-hybridized carbons (Fsp3) is 0.304. The molecule has 0 amide bonds. The van der Waals surface area contributed by atoms with Crippen LogP contribution in [-0.2, 0) is 13.2 Å². The highest BCUT2D eigenvalue weighted by Crippen LogP contribution is 2.28. The second kappa shape index (κ2) is 10.1. The van der Waals surface area contributed by atoms with E-state index in [4.69, 9.17) is 9.84 Å². The molecule has 3 aromatic rings. The van der Waals surface area contributed by atoms with Crippen molar-refractivity contribution in [1.82, 2.24) is 10.6 Å². The number of hydrogen-bond donors (Lipinski definition) is 3. The van der Waals surface area contributed by atoms with E-state index in [0.29, 0.717) is 13.2 Å². The van der Waals surface area contributed by atoms with Gasteiger partial charge in [0.25, 0.3) is 0 Å². The summed E-state index contributed by atoms with van der Waals surface area (Å²) in [6, 6.07) is 21.0. The first-order chi connectivity index (χ1) is 13.3. The number of benzene rings is 3. The molecule has 0 unspecified atom stereocenters. The predicted molar refractivity (Wildman–Crippen MR) is 111 cm³/mol. The Labute approximate surface area is 161 Å². The molecule has 0 saturated carbocycles. The zero-order valence-corrected chi connectivity index (χ0v) is 15.9. The van der Waals surface area contributed by atoms with E-state index < -0.39 is 0 Å². The molecule has 3 N–H and O–H groups in total. The number of nitrogens with one attached hydrogen (secondary N) is 2. The Bertz CT molecular complexity index is 864. The molecular weight excluding hydrogens is 336 g/mol. The highest BCUT2D eigenvalue weighted by molar-refractivity contribution is 5.87. The molecule has 3 rings (SSSR count). The molecule has 4 heteroatoms. The summed E-state index contributed by atoms with van der Waals surface area (Å²) in [4.78, 5) is 0. The van der Waals surface area contributed by atoms with Crippen molar-refractivity contribution in [3.05, 3.63) is 77.4 Å². The average Bonchev–Trinajstić information content (AvgIpc) is 2.69. The van der Waals surface area contributed by atoms with E-state index in [-0.39, 0.29) is 6.61 Å². The Hall–Kier alpha value is -2.40. The summed E-state index contributed by atoms with van der Waals surface area (Å²) >= 11 is 0. The quantitative estimate of drug-likeness (QED) is 0.483. The largest absolute Gasteiger partial charge is 0.489 e. The normalized spacial score (nSPS) is 11.0. The molecule has 3 aromatic carbocycles. The van der Waals surface area contributed by atoms with E-state index in [1.807, 2.05) is 0 Å². The van der Waals surface area contributed by atoms with Crippen molar-refractivity contribution >= 4 is 10.8 Å². The van der Waals surface area contributed by atoms with Gasteiger partial charge in [-0.1, -0.05) is 60.2 Å². The molecule has 0 saturated heterocycles. The second-order valence-corrected chi connectivity index (χ2v) is 6.69. The number of fused-ring (bicyclic) bond motifs is 1. The van der Waals surface area contributed by atoms with Gasteiger partial charge in [0.15, 0.2) is 0 Å². The molecule has 0 heterocycles. The van der Waals surface area contributed by atoms with Crippen molar-refractivity contribution in [2.24, 2.45) is 0 Å². The summed E-state index contributed by atoms with van der Waals surface area (Å²) in [6.07, 6.45) is 0. The second-order valence-electron chi connectivity index (χ2n) is 6.69. The van der Waals surface area contributed by atoms with Crippen LogP contribution in [0.15, 0.2) is 60.7 Å². The summed E-state index contributed by atoms with van der Waals surface area (Å²) in [5, 5.41) is 17.9. The third-order valence-corrected chi connectivity index (χ3v) is 4.54. The van der Waals surface area contributed by atoms with E-state index in [1.54, 1.807) is 0 Å². The first-order valence-electron chi connectivity index (χ1n) is 9.49. The van der Waals surface area contributed by atoms with Gasteiger partial charge in [-0.05, 0) is 29.3 Å². The number of aryl methyl sites for hydroxylation is 1. The van der Waals surface area contributed by atoms with Crippen LogP contribution in [0.3, 0.4) is 0 Å². The van der Waals surface area contributed by atoms with E-state index >= 15 is 0 Å². The smallest absolute Gasteiger partial charge is 0.124 e. The molecule has 0 fully saturated rings. The van der Waals surface area contributed by atoms with Gasteiger partial charge in [-0.25, -0.2) is 0 Å². The first kappa shape index (κ1) is 19.4. The molecule has 0 aromatic heterocycles. The van der Waals surface area contributed by atoms with Crippen LogP contribution in [0.2, 0.25) is 0 Å². The van der Waals surface area contributed by atoms with Gasteiger partial charge in [0, 0.05) is 31.7 Å². The molecule has 0 atom stereocenters. The van der Waals surface area contributed by atoms with Gasteiger partial charge in [-0.3, -0.25) is 0 Å². The molecule has 0 radical (unpaired) electrons. The Balaban J connectivity index is 1.73. The van der Waals surface area contributed by atoms with Crippen LogP contribution in [0.5, 0.6) is 5.75 Å². The van der Waals surface area contributed by atoms with Crippen molar-refractivity contribution in [2.75, 3.05) is 26.2 Å². The minimum absolute atomic E-state index is 0.167. The Morgan fingerprint density at radius 1 is 0.889 bits per heavy atom. The van der Waals surface area contributed by atoms with Crippen molar-refractivity contribution in [3.63, 3.8) is 0 Å². The number of ether oxygens (including phenoxy) is 1. The standard InChI is InChI=1S/C23H28N2O2/c1-18-5-4-6-19(15-18)17-27-23-10-9-20-7-2-3-8-21(20)22(23)16-25-12-11-24-13-14-26/h2-10,15,24-26H,11-14,16-17H2,1H3. The van der Waals surface area contributed by atoms with E-state index in [9.17, 15) is 0 Å². The van der Waals surface area contributed by atoms with Gasteiger partial charge in [0.05, 0.1) is 6.61 Å². The SMILES string of the molecule is Cc1cccc(COc2ccc3ccccc3c2CNCCNCCO)c1. The van der Waals surface area contributed by atoms with Crippen LogP contribution in [0.25, 0.3) is 10.8 Å². The summed E-state index contributed by atoms with van der Waals surface area (Å²) in [6.45, 7) is 5.85. The highest BCUT2D eigenvalue weighted by Gasteiger charge is 2.09. The first-order valence-corrected chi connectivity index (χ1v) is 9.49. The molecule has 27 heavy (non-hydrogen) atoms. The van der Waals surface area contributed by atoms with Gasteiger partial charge < -0.3 is 20.5 Å². The lowest BCUT2D eigenvalue weighted by atomic mass is 10.0. The zero-order valence-electron chi connectivity index (χ0n) is 15.9. The lowest BCUT2D eigenvalue weighted by Gasteiger charge is -2.15. The van der Waals surface area contributed by atoms with Crippen LogP contribution in [0, 0.1) is 6.92 Å². The van der Waals surface area contributed by atoms with Crippen molar-refractivity contribution < 1.29 is 9.84 Å². The fourth-order valence-electron chi connectivity index (χ4n) is 3.19. The maximum atomic E-state index is 8.83. The monoisotopic (exact) mass is 364 g/mol. The van der Waals surface area contributed by atoms with Gasteiger partial charge in [0.1, 0.15) is 12.4 Å². The topological polar surface area (TPSA) is 53.5 Å². The number of rotatable bonds is 10. The molecule has 0 aliphatic rings. The fourth-order valence-corrected chi connectivity index (χ4v) is 3.19. The third-order valence-electron chi connectivity index (χ3n) is 4.54. The Kier molecular flexibility index (Phi) is 7.22. The summed E-state index contributed by atoms with van der Waals surface area (Å²) in [5.74, 6) is 0.922. The molecule has 0 aliphatic heterocycles. The Morgan fingerprint density at radius 2 is 1.74 bits per heavy atom. The maximum absolute atomic E-state index is 8.83. The van der Waals surface area contributed by atoms with Crippen molar-refractivity contribution in [2.45, 2.75) is 20.1 Å². The maximum Gasteiger partial charge on any atom is 0.124 e. The average molecular weight is 364 g/mol. The van der Waals surface area contributed by atoms with Crippen molar-refractivity contribution in [3.8, 4) is 5.75 Å².